The van der Waals surface area contributed by atoms with Gasteiger partial charge in [0.25, 0.3) is 0 Å². The molecule has 0 bridgehead atoms. The van der Waals surface area contributed by atoms with E-state index in [4.69, 9.17) is 0 Å². The van der Waals surface area contributed by atoms with Crippen molar-refractivity contribution in [1.82, 2.24) is 0 Å². The summed E-state index contributed by atoms with van der Waals surface area (Å²) in [7, 11) is 0. The van der Waals surface area contributed by atoms with E-state index in [1.54, 1.807) is 0 Å². The van der Waals surface area contributed by atoms with Crippen molar-refractivity contribution in [2.75, 3.05) is 5.33 Å². The van der Waals surface area contributed by atoms with E-state index < -0.39 is 0 Å². The van der Waals surface area contributed by atoms with Crippen LogP contribution in [0.1, 0.15) is 13.3 Å². The molecule has 0 unspecified atom stereocenters. The van der Waals surface area contributed by atoms with Gasteiger partial charge in [-0.15, -0.1) is 0 Å². The van der Waals surface area contributed by atoms with Crippen LogP contribution in [0.4, 0.5) is 0 Å². The van der Waals surface area contributed by atoms with Gasteiger partial charge in [-0.05, 0) is 13.3 Å². The molecule has 0 aliphatic carbocycles. The fourth-order valence-electron chi connectivity index (χ4n) is 0.434. The summed E-state index contributed by atoms with van der Waals surface area (Å²) in [6.45, 7) is 5.69. The maximum absolute atomic E-state index is 3.59. The Kier molecular flexibility index (Phi) is 5.08. The van der Waals surface area contributed by atoms with Crippen molar-refractivity contribution in [2.24, 2.45) is 0 Å². The molecule has 0 heterocycles. The van der Waals surface area contributed by atoms with Crippen LogP contribution in [0.25, 0.3) is 0 Å². The molecule has 46 valence electrons. The van der Waals surface area contributed by atoms with E-state index in [-0.39, 0.29) is 0 Å². The Hall–Kier alpha value is -0.0400. The van der Waals surface area contributed by atoms with Crippen LogP contribution < -0.4 is 0 Å². The Morgan fingerprint density at radius 1 is 1.75 bits per heavy atom. The van der Waals surface area contributed by atoms with Crippen molar-refractivity contribution in [3.63, 3.8) is 0 Å². The van der Waals surface area contributed by atoms with Gasteiger partial charge in [-0.25, -0.2) is 0 Å². The largest absolute Gasteiger partial charge is 0.0991 e. The first-order chi connectivity index (χ1) is 3.81. The first-order valence-corrected chi connectivity index (χ1v) is 3.77. The molecular formula is C7H11Br. The molecule has 0 atom stereocenters. The third-order valence-corrected chi connectivity index (χ3v) is 1.29. The minimum Gasteiger partial charge on any atom is -0.0991 e. The second kappa shape index (κ2) is 5.10. The molecule has 1 heteroatoms. The summed E-state index contributed by atoms with van der Waals surface area (Å²) in [4.78, 5) is 0. The second-order valence-electron chi connectivity index (χ2n) is 1.69. The van der Waals surface area contributed by atoms with Gasteiger partial charge in [0, 0.05) is 5.33 Å². The molecular weight excluding hydrogens is 164 g/mol. The first kappa shape index (κ1) is 7.96. The molecule has 0 N–H and O–H groups in total. The third kappa shape index (κ3) is 4.13. The molecule has 0 saturated heterocycles. The molecule has 0 aliphatic rings. The third-order valence-electron chi connectivity index (χ3n) is 0.891. The molecule has 0 saturated carbocycles. The van der Waals surface area contributed by atoms with E-state index in [1.165, 1.54) is 5.57 Å². The average Bonchev–Trinajstić information content (AvgIpc) is 1.68. The molecule has 0 aromatic heterocycles. The summed E-state index contributed by atoms with van der Waals surface area (Å²) >= 11 is 3.34. The predicted octanol–water partition coefficient (Wildman–Crippen LogP) is 2.90. The lowest BCUT2D eigenvalue weighted by Gasteiger charge is -1.90. The number of hydrogen-bond acceptors (Lipinski definition) is 0. The minimum absolute atomic E-state index is 1.04. The summed E-state index contributed by atoms with van der Waals surface area (Å²) in [5.41, 5.74) is 1.37. The number of alkyl halides is 1. The fourth-order valence-corrected chi connectivity index (χ4v) is 1.06. The van der Waals surface area contributed by atoms with Crippen molar-refractivity contribution >= 4 is 15.9 Å². The van der Waals surface area contributed by atoms with Crippen LogP contribution in [0.15, 0.2) is 24.3 Å². The zero-order valence-corrected chi connectivity index (χ0v) is 6.74. The standard InChI is InChI=1S/C7H11Br/c1-3-4-7(2)5-6-8/h3-4H,1,5-6H2,2H3/b7-4+. The maximum Gasteiger partial charge on any atom is 0.00685 e. The smallest absolute Gasteiger partial charge is 0.00685 e. The molecule has 0 nitrogen and oxygen atoms in total. The molecule has 0 aliphatic heterocycles. The quantitative estimate of drug-likeness (QED) is 0.457. The van der Waals surface area contributed by atoms with Gasteiger partial charge in [0.15, 0.2) is 0 Å². The van der Waals surface area contributed by atoms with Gasteiger partial charge >= 0.3 is 0 Å². The van der Waals surface area contributed by atoms with Gasteiger partial charge < -0.3 is 0 Å². The summed E-state index contributed by atoms with van der Waals surface area (Å²) in [5, 5.41) is 1.04. The normalized spacial score (nSPS) is 11.5. The first-order valence-electron chi connectivity index (χ1n) is 2.65. The van der Waals surface area contributed by atoms with Crippen molar-refractivity contribution in [1.29, 1.82) is 0 Å². The lowest BCUT2D eigenvalue weighted by atomic mass is 10.2. The van der Waals surface area contributed by atoms with E-state index >= 15 is 0 Å². The molecule has 8 heavy (non-hydrogen) atoms. The average molecular weight is 175 g/mol. The highest BCUT2D eigenvalue weighted by Gasteiger charge is 1.82. The Morgan fingerprint density at radius 3 is 2.75 bits per heavy atom. The van der Waals surface area contributed by atoms with Crippen LogP contribution in [0, 0.1) is 0 Å². The minimum atomic E-state index is 1.04. The van der Waals surface area contributed by atoms with Crippen molar-refractivity contribution in [3.05, 3.63) is 24.3 Å². The highest BCUT2D eigenvalue weighted by molar-refractivity contribution is 9.09. The highest BCUT2D eigenvalue weighted by Crippen LogP contribution is 2.01. The second-order valence-corrected chi connectivity index (χ2v) is 2.48. The van der Waals surface area contributed by atoms with Crippen molar-refractivity contribution in [3.8, 4) is 0 Å². The number of allylic oxidation sites excluding steroid dienone is 3. The summed E-state index contributed by atoms with van der Waals surface area (Å²) in [5.74, 6) is 0. The zero-order chi connectivity index (χ0) is 6.41. The highest BCUT2D eigenvalue weighted by atomic mass is 79.9. The van der Waals surface area contributed by atoms with Crippen LogP contribution in [-0.2, 0) is 0 Å². The summed E-state index contributed by atoms with van der Waals surface area (Å²) in [6, 6.07) is 0. The Balaban J connectivity index is 3.44. The number of rotatable bonds is 3. The van der Waals surface area contributed by atoms with Gasteiger partial charge in [-0.2, -0.15) is 0 Å². The molecule has 0 aromatic rings. The zero-order valence-electron chi connectivity index (χ0n) is 5.15. The molecule has 0 spiro atoms. The lowest BCUT2D eigenvalue weighted by Crippen LogP contribution is -1.74. The van der Waals surface area contributed by atoms with E-state index in [1.807, 2.05) is 12.2 Å². The number of hydrogen-bond donors (Lipinski definition) is 0. The predicted molar refractivity (Wildman–Crippen MR) is 42.4 cm³/mol. The van der Waals surface area contributed by atoms with E-state index in [9.17, 15) is 0 Å². The van der Waals surface area contributed by atoms with Gasteiger partial charge in [0.2, 0.25) is 0 Å². The van der Waals surface area contributed by atoms with Crippen molar-refractivity contribution in [2.45, 2.75) is 13.3 Å². The molecule has 0 radical (unpaired) electrons. The Labute approximate surface area is 59.4 Å². The molecule has 0 rings (SSSR count). The van der Waals surface area contributed by atoms with Crippen molar-refractivity contribution < 1.29 is 0 Å². The monoisotopic (exact) mass is 174 g/mol. The SMILES string of the molecule is C=C/C=C(\C)CCBr. The van der Waals surface area contributed by atoms with E-state index in [0.717, 1.165) is 11.8 Å². The van der Waals surface area contributed by atoms with Gasteiger partial charge in [-0.1, -0.05) is 40.2 Å². The van der Waals surface area contributed by atoms with Gasteiger partial charge in [-0.3, -0.25) is 0 Å². The van der Waals surface area contributed by atoms with E-state index in [2.05, 4.69) is 29.4 Å². The van der Waals surface area contributed by atoms with Crippen LogP contribution in [-0.4, -0.2) is 5.33 Å². The lowest BCUT2D eigenvalue weighted by molar-refractivity contribution is 1.13. The van der Waals surface area contributed by atoms with E-state index in [0.29, 0.717) is 0 Å². The van der Waals surface area contributed by atoms with Crippen LogP contribution in [0.3, 0.4) is 0 Å². The molecule has 0 aromatic carbocycles. The van der Waals surface area contributed by atoms with Crippen LogP contribution in [0.2, 0.25) is 0 Å². The fraction of sp³-hybridized carbons (Fsp3) is 0.429. The topological polar surface area (TPSA) is 0 Å². The van der Waals surface area contributed by atoms with Crippen LogP contribution >= 0.6 is 15.9 Å². The van der Waals surface area contributed by atoms with Gasteiger partial charge in [0.05, 0.1) is 0 Å². The summed E-state index contributed by atoms with van der Waals surface area (Å²) in [6.07, 6.45) is 4.96. The molecule has 0 fully saturated rings. The Morgan fingerprint density at radius 2 is 2.38 bits per heavy atom. The summed E-state index contributed by atoms with van der Waals surface area (Å²) < 4.78 is 0. The van der Waals surface area contributed by atoms with Crippen LogP contribution in [0.5, 0.6) is 0 Å². The Bertz CT molecular complexity index is 92.6. The number of halogens is 1. The maximum atomic E-state index is 3.59. The molecule has 0 amide bonds. The van der Waals surface area contributed by atoms with Gasteiger partial charge in [0.1, 0.15) is 0 Å².